The number of halogens is 3. The summed E-state index contributed by atoms with van der Waals surface area (Å²) >= 11 is 0. The van der Waals surface area contributed by atoms with Crippen molar-refractivity contribution in [1.29, 1.82) is 0 Å². The van der Waals surface area contributed by atoms with Crippen molar-refractivity contribution in [3.63, 3.8) is 0 Å². The first kappa shape index (κ1) is 16.5. The largest absolute Gasteiger partial charge is 0.248 e. The molecule has 0 aliphatic rings. The second-order valence-electron chi connectivity index (χ2n) is 5.48. The van der Waals surface area contributed by atoms with Gasteiger partial charge in [-0.05, 0) is 30.5 Å². The number of rotatable bonds is 7. The minimum absolute atomic E-state index is 0.237. The summed E-state index contributed by atoms with van der Waals surface area (Å²) in [6, 6.07) is 5.87. The molecule has 2 aromatic rings. The Hall–Kier alpha value is -1.84. The Morgan fingerprint density at radius 3 is 2.36 bits per heavy atom. The van der Waals surface area contributed by atoms with Gasteiger partial charge >= 0.3 is 0 Å². The predicted octanol–water partition coefficient (Wildman–Crippen LogP) is 5.68. The minimum Gasteiger partial charge on any atom is -0.225 e. The summed E-state index contributed by atoms with van der Waals surface area (Å²) in [6.07, 6.45) is 7.79. The van der Waals surface area contributed by atoms with E-state index in [1.165, 1.54) is 25.3 Å². The molecule has 0 atom stereocenters. The molecule has 1 nitrogen and oxygen atoms in total. The van der Waals surface area contributed by atoms with Gasteiger partial charge in [0.15, 0.2) is 5.82 Å². The molecule has 2 rings (SSSR count). The lowest BCUT2D eigenvalue weighted by Gasteiger charge is -2.07. The van der Waals surface area contributed by atoms with Crippen LogP contribution in [0.5, 0.6) is 0 Å². The molecule has 118 valence electrons. The van der Waals surface area contributed by atoms with E-state index in [-0.39, 0.29) is 11.1 Å². The van der Waals surface area contributed by atoms with Crippen molar-refractivity contribution in [3.8, 4) is 11.1 Å². The fourth-order valence-corrected chi connectivity index (χ4v) is 2.45. The lowest BCUT2D eigenvalue weighted by Crippen LogP contribution is -1.94. The van der Waals surface area contributed by atoms with Crippen LogP contribution in [-0.2, 0) is 6.42 Å². The standard InChI is InChI=1S/C18H20F3N/c1-2-3-4-5-6-7-13-8-9-15(16(19)10-13)14-11-17(20)18(21)22-12-14/h8-12H,2-7H2,1H3. The number of nitrogens with zero attached hydrogens (tertiary/aromatic N) is 1. The molecular weight excluding hydrogens is 287 g/mol. The molecule has 0 saturated heterocycles. The Balaban J connectivity index is 2.04. The van der Waals surface area contributed by atoms with Gasteiger partial charge in [0.2, 0.25) is 5.95 Å². The monoisotopic (exact) mass is 307 g/mol. The third-order valence-electron chi connectivity index (χ3n) is 3.71. The van der Waals surface area contributed by atoms with Gasteiger partial charge in [-0.3, -0.25) is 0 Å². The normalized spacial score (nSPS) is 10.9. The van der Waals surface area contributed by atoms with Gasteiger partial charge < -0.3 is 0 Å². The fourth-order valence-electron chi connectivity index (χ4n) is 2.45. The Bertz CT molecular complexity index is 626. The molecule has 22 heavy (non-hydrogen) atoms. The fraction of sp³-hybridized carbons (Fsp3) is 0.389. The van der Waals surface area contributed by atoms with Crippen LogP contribution in [-0.4, -0.2) is 4.98 Å². The van der Waals surface area contributed by atoms with Crippen LogP contribution in [0.3, 0.4) is 0 Å². The second-order valence-corrected chi connectivity index (χ2v) is 5.48. The highest BCUT2D eigenvalue weighted by molar-refractivity contribution is 5.63. The molecule has 0 bridgehead atoms. The van der Waals surface area contributed by atoms with Gasteiger partial charge in [0.25, 0.3) is 0 Å². The molecule has 0 fully saturated rings. The van der Waals surface area contributed by atoms with Crippen LogP contribution in [0.4, 0.5) is 13.2 Å². The van der Waals surface area contributed by atoms with E-state index in [1.54, 1.807) is 6.07 Å². The van der Waals surface area contributed by atoms with Crippen LogP contribution < -0.4 is 0 Å². The first-order valence-corrected chi connectivity index (χ1v) is 7.71. The van der Waals surface area contributed by atoms with E-state index in [4.69, 9.17) is 0 Å². The first-order chi connectivity index (χ1) is 10.6. The molecule has 1 aromatic heterocycles. The molecule has 0 aliphatic carbocycles. The molecular formula is C18H20F3N. The van der Waals surface area contributed by atoms with Crippen LogP contribution in [0, 0.1) is 17.6 Å². The van der Waals surface area contributed by atoms with Gasteiger partial charge in [0, 0.05) is 17.3 Å². The maximum absolute atomic E-state index is 14.2. The number of pyridine rings is 1. The van der Waals surface area contributed by atoms with Crippen molar-refractivity contribution >= 4 is 0 Å². The number of hydrogen-bond donors (Lipinski definition) is 0. The summed E-state index contributed by atoms with van der Waals surface area (Å²) in [5.74, 6) is -2.68. The van der Waals surface area contributed by atoms with Crippen molar-refractivity contribution in [1.82, 2.24) is 4.98 Å². The van der Waals surface area contributed by atoms with Crippen LogP contribution in [0.25, 0.3) is 11.1 Å². The van der Waals surface area contributed by atoms with Crippen molar-refractivity contribution in [2.45, 2.75) is 45.4 Å². The van der Waals surface area contributed by atoms with E-state index in [0.717, 1.165) is 37.1 Å². The van der Waals surface area contributed by atoms with Crippen molar-refractivity contribution in [2.24, 2.45) is 0 Å². The van der Waals surface area contributed by atoms with E-state index in [2.05, 4.69) is 11.9 Å². The molecule has 0 amide bonds. The predicted molar refractivity (Wildman–Crippen MR) is 82.0 cm³/mol. The molecule has 0 radical (unpaired) electrons. The van der Waals surface area contributed by atoms with Crippen LogP contribution >= 0.6 is 0 Å². The Kier molecular flexibility index (Phi) is 5.99. The average Bonchev–Trinajstić information content (AvgIpc) is 2.50. The number of aryl methyl sites for hydroxylation is 1. The van der Waals surface area contributed by atoms with Crippen LogP contribution in [0.15, 0.2) is 30.5 Å². The zero-order valence-corrected chi connectivity index (χ0v) is 12.7. The molecule has 1 aromatic carbocycles. The summed E-state index contributed by atoms with van der Waals surface area (Å²) in [5, 5.41) is 0. The highest BCUT2D eigenvalue weighted by atomic mass is 19.2. The second kappa shape index (κ2) is 7.97. The SMILES string of the molecule is CCCCCCCc1ccc(-c2cnc(F)c(F)c2)c(F)c1. The van der Waals surface area contributed by atoms with Crippen molar-refractivity contribution < 1.29 is 13.2 Å². The third-order valence-corrected chi connectivity index (χ3v) is 3.71. The maximum atomic E-state index is 14.2. The van der Waals surface area contributed by atoms with Crippen LogP contribution in [0.1, 0.15) is 44.6 Å². The lowest BCUT2D eigenvalue weighted by molar-refractivity contribution is 0.479. The molecule has 1 heterocycles. The Morgan fingerprint density at radius 1 is 0.909 bits per heavy atom. The van der Waals surface area contributed by atoms with Gasteiger partial charge in [-0.15, -0.1) is 0 Å². The minimum atomic E-state index is -1.17. The van der Waals surface area contributed by atoms with E-state index >= 15 is 0 Å². The molecule has 0 spiro atoms. The van der Waals surface area contributed by atoms with E-state index in [0.29, 0.717) is 0 Å². The lowest BCUT2D eigenvalue weighted by atomic mass is 10.0. The summed E-state index contributed by atoms with van der Waals surface area (Å²) < 4.78 is 40.2. The first-order valence-electron chi connectivity index (χ1n) is 7.71. The summed E-state index contributed by atoms with van der Waals surface area (Å²) in [6.45, 7) is 2.17. The maximum Gasteiger partial charge on any atom is 0.248 e. The molecule has 0 unspecified atom stereocenters. The smallest absolute Gasteiger partial charge is 0.225 e. The van der Waals surface area contributed by atoms with Gasteiger partial charge in [-0.2, -0.15) is 4.39 Å². The van der Waals surface area contributed by atoms with Gasteiger partial charge in [0.1, 0.15) is 5.82 Å². The average molecular weight is 307 g/mol. The number of aromatic nitrogens is 1. The van der Waals surface area contributed by atoms with Gasteiger partial charge in [0.05, 0.1) is 0 Å². The van der Waals surface area contributed by atoms with Crippen LogP contribution in [0.2, 0.25) is 0 Å². The van der Waals surface area contributed by atoms with Gasteiger partial charge in [-0.25, -0.2) is 13.8 Å². The van der Waals surface area contributed by atoms with Crippen molar-refractivity contribution in [2.75, 3.05) is 0 Å². The Morgan fingerprint density at radius 2 is 1.68 bits per heavy atom. The number of benzene rings is 1. The summed E-state index contributed by atoms with van der Waals surface area (Å²) in [7, 11) is 0. The quantitative estimate of drug-likeness (QED) is 0.474. The zero-order valence-electron chi connectivity index (χ0n) is 12.7. The molecule has 0 aliphatic heterocycles. The highest BCUT2D eigenvalue weighted by Gasteiger charge is 2.10. The highest BCUT2D eigenvalue weighted by Crippen LogP contribution is 2.25. The van der Waals surface area contributed by atoms with Crippen molar-refractivity contribution in [3.05, 3.63) is 53.6 Å². The van der Waals surface area contributed by atoms with E-state index in [9.17, 15) is 13.2 Å². The number of unbranched alkanes of at least 4 members (excludes halogenated alkanes) is 4. The molecule has 4 heteroatoms. The Labute approximate surface area is 129 Å². The molecule has 0 saturated carbocycles. The summed E-state index contributed by atoms with van der Waals surface area (Å²) in [4.78, 5) is 3.29. The third kappa shape index (κ3) is 4.33. The van der Waals surface area contributed by atoms with Gasteiger partial charge in [-0.1, -0.05) is 44.7 Å². The summed E-state index contributed by atoms with van der Waals surface area (Å²) in [5.41, 5.74) is 1.40. The topological polar surface area (TPSA) is 12.9 Å². The van der Waals surface area contributed by atoms with E-state index in [1.807, 2.05) is 6.07 Å². The number of hydrogen-bond acceptors (Lipinski definition) is 1. The van der Waals surface area contributed by atoms with E-state index < -0.39 is 17.6 Å². The zero-order chi connectivity index (χ0) is 15.9. The molecule has 0 N–H and O–H groups in total.